The van der Waals surface area contributed by atoms with Gasteiger partial charge in [-0.2, -0.15) is 0 Å². The van der Waals surface area contributed by atoms with Gasteiger partial charge in [-0.15, -0.1) is 0 Å². The van der Waals surface area contributed by atoms with Crippen LogP contribution in [0.3, 0.4) is 0 Å². The summed E-state index contributed by atoms with van der Waals surface area (Å²) in [6.45, 7) is 1.96. The number of benzene rings is 2. The Bertz CT molecular complexity index is 909. The first-order valence-electron chi connectivity index (χ1n) is 7.93. The smallest absolute Gasteiger partial charge is 0.221 e. The minimum absolute atomic E-state index is 0.0111. The van der Waals surface area contributed by atoms with E-state index in [1.807, 2.05) is 31.2 Å². The normalized spacial score (nSPS) is 11.7. The van der Waals surface area contributed by atoms with Crippen LogP contribution in [0.5, 0.6) is 0 Å². The van der Waals surface area contributed by atoms with Crippen LogP contribution in [0.4, 0.5) is 4.39 Å². The number of nitrogens with one attached hydrogen (secondary N) is 1. The van der Waals surface area contributed by atoms with Crippen LogP contribution in [0.25, 0.3) is 6.08 Å². The Labute approximate surface area is 161 Å². The molecule has 0 saturated heterocycles. The SMILES string of the molecule is Cc1ccc(/C=C/S(=O)(=O)CCC(=O)NCc2ccc(Br)cc2F)cc1. The van der Waals surface area contributed by atoms with Crippen LogP contribution in [0.1, 0.15) is 23.1 Å². The summed E-state index contributed by atoms with van der Waals surface area (Å²) < 4.78 is 38.3. The van der Waals surface area contributed by atoms with E-state index in [0.717, 1.165) is 16.5 Å². The van der Waals surface area contributed by atoms with Gasteiger partial charge in [0.05, 0.1) is 5.75 Å². The Kier molecular flexibility index (Phi) is 7.11. The van der Waals surface area contributed by atoms with Gasteiger partial charge in [-0.3, -0.25) is 4.79 Å². The highest BCUT2D eigenvalue weighted by molar-refractivity contribution is 9.10. The summed E-state index contributed by atoms with van der Waals surface area (Å²) in [4.78, 5) is 11.8. The summed E-state index contributed by atoms with van der Waals surface area (Å²) in [5.41, 5.74) is 2.20. The number of sulfone groups is 1. The Morgan fingerprint density at radius 1 is 1.19 bits per heavy atom. The van der Waals surface area contributed by atoms with Crippen molar-refractivity contribution < 1.29 is 17.6 Å². The molecule has 1 N–H and O–H groups in total. The number of aryl methyl sites for hydroxylation is 1. The number of rotatable bonds is 7. The fourth-order valence-electron chi connectivity index (χ4n) is 2.11. The van der Waals surface area contributed by atoms with Crippen LogP contribution in [-0.4, -0.2) is 20.1 Å². The molecule has 2 rings (SSSR count). The number of hydrogen-bond donors (Lipinski definition) is 1. The fourth-order valence-corrected chi connectivity index (χ4v) is 3.41. The molecule has 0 radical (unpaired) electrons. The van der Waals surface area contributed by atoms with Gasteiger partial charge in [-0.05, 0) is 30.7 Å². The summed E-state index contributed by atoms with van der Waals surface area (Å²) in [6, 6.07) is 12.0. The second kappa shape index (κ2) is 9.09. The maximum Gasteiger partial charge on any atom is 0.221 e. The van der Waals surface area contributed by atoms with E-state index in [2.05, 4.69) is 21.2 Å². The van der Waals surface area contributed by atoms with Crippen molar-refractivity contribution in [2.24, 2.45) is 0 Å². The first-order valence-corrected chi connectivity index (χ1v) is 10.4. The van der Waals surface area contributed by atoms with Crippen LogP contribution in [0.2, 0.25) is 0 Å². The summed E-state index contributed by atoms with van der Waals surface area (Å²) in [6.07, 6.45) is 1.32. The van der Waals surface area contributed by atoms with Crippen LogP contribution in [0.15, 0.2) is 52.3 Å². The first-order chi connectivity index (χ1) is 12.2. The van der Waals surface area contributed by atoms with E-state index in [4.69, 9.17) is 0 Å². The fraction of sp³-hybridized carbons (Fsp3) is 0.211. The maximum absolute atomic E-state index is 13.7. The van der Waals surface area contributed by atoms with E-state index in [1.165, 1.54) is 12.1 Å². The molecule has 0 aliphatic carbocycles. The van der Waals surface area contributed by atoms with Crippen molar-refractivity contribution in [3.63, 3.8) is 0 Å². The minimum Gasteiger partial charge on any atom is -0.352 e. The average molecular weight is 440 g/mol. The number of carbonyl (C=O) groups is 1. The van der Waals surface area contributed by atoms with E-state index in [-0.39, 0.29) is 18.7 Å². The van der Waals surface area contributed by atoms with Gasteiger partial charge >= 0.3 is 0 Å². The molecular weight excluding hydrogens is 421 g/mol. The molecule has 0 unspecified atom stereocenters. The van der Waals surface area contributed by atoms with Gasteiger partial charge in [0.25, 0.3) is 0 Å². The van der Waals surface area contributed by atoms with Gasteiger partial charge in [-0.1, -0.05) is 51.8 Å². The monoisotopic (exact) mass is 439 g/mol. The van der Waals surface area contributed by atoms with Gasteiger partial charge in [-0.25, -0.2) is 12.8 Å². The van der Waals surface area contributed by atoms with Crippen LogP contribution >= 0.6 is 15.9 Å². The molecule has 4 nitrogen and oxygen atoms in total. The second-order valence-corrected chi connectivity index (χ2v) is 8.76. The maximum atomic E-state index is 13.7. The van der Waals surface area contributed by atoms with Crippen molar-refractivity contribution in [3.05, 3.63) is 74.9 Å². The molecule has 7 heteroatoms. The predicted molar refractivity (Wildman–Crippen MR) is 105 cm³/mol. The Balaban J connectivity index is 1.84. The van der Waals surface area contributed by atoms with Crippen molar-refractivity contribution in [3.8, 4) is 0 Å². The average Bonchev–Trinajstić information content (AvgIpc) is 2.59. The molecule has 0 aromatic heterocycles. The van der Waals surface area contributed by atoms with Crippen molar-refractivity contribution in [2.45, 2.75) is 19.9 Å². The zero-order chi connectivity index (χ0) is 19.2. The summed E-state index contributed by atoms with van der Waals surface area (Å²) in [5, 5.41) is 3.64. The zero-order valence-corrected chi connectivity index (χ0v) is 16.6. The number of halogens is 2. The number of hydrogen-bond acceptors (Lipinski definition) is 3. The molecule has 0 bridgehead atoms. The highest BCUT2D eigenvalue weighted by atomic mass is 79.9. The minimum atomic E-state index is -3.50. The third kappa shape index (κ3) is 6.72. The second-order valence-electron chi connectivity index (χ2n) is 5.84. The van der Waals surface area contributed by atoms with Crippen LogP contribution in [-0.2, 0) is 21.2 Å². The number of amides is 1. The Morgan fingerprint density at radius 2 is 1.88 bits per heavy atom. The third-order valence-electron chi connectivity index (χ3n) is 3.65. The van der Waals surface area contributed by atoms with Crippen LogP contribution in [0, 0.1) is 12.7 Å². The van der Waals surface area contributed by atoms with Crippen molar-refractivity contribution in [2.75, 3.05) is 5.75 Å². The predicted octanol–water partition coefficient (Wildman–Crippen LogP) is 3.99. The molecule has 0 saturated carbocycles. The molecule has 26 heavy (non-hydrogen) atoms. The molecule has 0 aliphatic rings. The Morgan fingerprint density at radius 3 is 2.54 bits per heavy atom. The van der Waals surface area contributed by atoms with Gasteiger partial charge in [0, 0.05) is 28.4 Å². The lowest BCUT2D eigenvalue weighted by molar-refractivity contribution is -0.120. The van der Waals surface area contributed by atoms with E-state index < -0.39 is 21.6 Å². The summed E-state index contributed by atoms with van der Waals surface area (Å²) >= 11 is 3.16. The lowest BCUT2D eigenvalue weighted by atomic mass is 10.2. The van der Waals surface area contributed by atoms with Gasteiger partial charge in [0.1, 0.15) is 5.82 Å². The van der Waals surface area contributed by atoms with E-state index in [9.17, 15) is 17.6 Å². The molecule has 0 fully saturated rings. The quantitative estimate of drug-likeness (QED) is 0.709. The lowest BCUT2D eigenvalue weighted by Gasteiger charge is -2.06. The van der Waals surface area contributed by atoms with Crippen molar-refractivity contribution in [1.82, 2.24) is 5.32 Å². The van der Waals surface area contributed by atoms with E-state index in [0.29, 0.717) is 10.0 Å². The standard InChI is InChI=1S/C19H19BrFNO3S/c1-14-2-4-15(5-3-14)8-10-26(24,25)11-9-19(23)22-13-16-6-7-17(20)12-18(16)21/h2-8,10,12H,9,11,13H2,1H3,(H,22,23)/b10-8+. The molecule has 138 valence electrons. The molecule has 0 atom stereocenters. The highest BCUT2D eigenvalue weighted by Gasteiger charge is 2.11. The lowest BCUT2D eigenvalue weighted by Crippen LogP contribution is -2.25. The number of carbonyl (C=O) groups excluding carboxylic acids is 1. The molecule has 0 spiro atoms. The first kappa shape index (κ1) is 20.3. The summed E-state index contributed by atoms with van der Waals surface area (Å²) in [5.74, 6) is -1.18. The van der Waals surface area contributed by atoms with E-state index >= 15 is 0 Å². The summed E-state index contributed by atoms with van der Waals surface area (Å²) in [7, 11) is -3.50. The molecule has 0 heterocycles. The van der Waals surface area contributed by atoms with Gasteiger partial charge < -0.3 is 5.32 Å². The van der Waals surface area contributed by atoms with Crippen molar-refractivity contribution >= 4 is 37.8 Å². The molecule has 1 amide bonds. The van der Waals surface area contributed by atoms with E-state index in [1.54, 1.807) is 12.1 Å². The van der Waals surface area contributed by atoms with Crippen molar-refractivity contribution in [1.29, 1.82) is 0 Å². The molecule has 2 aromatic carbocycles. The van der Waals surface area contributed by atoms with Crippen LogP contribution < -0.4 is 5.32 Å². The molecule has 2 aromatic rings. The highest BCUT2D eigenvalue weighted by Crippen LogP contribution is 2.15. The van der Waals surface area contributed by atoms with Gasteiger partial charge in [0.15, 0.2) is 9.84 Å². The topological polar surface area (TPSA) is 63.2 Å². The zero-order valence-electron chi connectivity index (χ0n) is 14.2. The third-order valence-corrected chi connectivity index (χ3v) is 5.47. The molecular formula is C19H19BrFNO3S. The molecule has 0 aliphatic heterocycles. The largest absolute Gasteiger partial charge is 0.352 e. The van der Waals surface area contributed by atoms with Gasteiger partial charge in [0.2, 0.25) is 5.91 Å². The Hall–Kier alpha value is -1.99.